The number of nitrogens with zero attached hydrogens (tertiary/aromatic N) is 2. The van der Waals surface area contributed by atoms with Crippen LogP contribution in [0.25, 0.3) is 0 Å². The van der Waals surface area contributed by atoms with E-state index in [1.54, 1.807) is 0 Å². The molecule has 3 saturated carbocycles. The van der Waals surface area contributed by atoms with Gasteiger partial charge in [0.05, 0.1) is 0 Å². The second-order valence-corrected chi connectivity index (χ2v) is 6.85. The Bertz CT molecular complexity index is 523. The second kappa shape index (κ2) is 4.61. The Labute approximate surface area is 120 Å². The molecule has 4 nitrogen and oxygen atoms in total. The summed E-state index contributed by atoms with van der Waals surface area (Å²) in [5.41, 5.74) is 1.17. The molecule has 3 aliphatic carbocycles. The van der Waals surface area contributed by atoms with Crippen molar-refractivity contribution in [2.45, 2.75) is 57.4 Å². The summed E-state index contributed by atoms with van der Waals surface area (Å²) in [5, 5.41) is 6.97. The lowest BCUT2D eigenvalue weighted by Gasteiger charge is -2.25. The third kappa shape index (κ3) is 2.05. The van der Waals surface area contributed by atoms with Crippen molar-refractivity contribution in [3.05, 3.63) is 11.4 Å². The van der Waals surface area contributed by atoms with Crippen LogP contribution in [-0.2, 0) is 0 Å². The Morgan fingerprint density at radius 2 is 1.80 bits per heavy atom. The molecule has 2 N–H and O–H groups in total. The maximum atomic E-state index is 4.83. The van der Waals surface area contributed by atoms with E-state index in [9.17, 15) is 0 Å². The van der Waals surface area contributed by atoms with Gasteiger partial charge in [0.1, 0.15) is 17.5 Å². The molecule has 1 aromatic rings. The normalized spacial score (nSPS) is 31.6. The lowest BCUT2D eigenvalue weighted by Crippen LogP contribution is -2.27. The minimum absolute atomic E-state index is 0.600. The minimum Gasteiger partial charge on any atom is -0.373 e. The number of anilines is 2. The molecule has 0 aromatic carbocycles. The first-order valence-electron chi connectivity index (χ1n) is 8.07. The molecular weight excluding hydrogens is 248 g/mol. The standard InChI is InChI=1S/C16H24N4/c1-9-14(17-2)19-16(11-5-6-11)20-15(9)18-13-8-10-3-4-12(13)7-10/h10-13H,3-8H2,1-2H3,(H2,17,18,19,20). The number of aromatic nitrogens is 2. The van der Waals surface area contributed by atoms with E-state index >= 15 is 0 Å². The van der Waals surface area contributed by atoms with E-state index in [0.717, 1.165) is 29.3 Å². The molecule has 3 atom stereocenters. The van der Waals surface area contributed by atoms with Crippen molar-refractivity contribution in [2.24, 2.45) is 11.8 Å². The van der Waals surface area contributed by atoms with Gasteiger partial charge in [0.25, 0.3) is 0 Å². The van der Waals surface area contributed by atoms with Gasteiger partial charge >= 0.3 is 0 Å². The highest BCUT2D eigenvalue weighted by molar-refractivity contribution is 5.58. The maximum absolute atomic E-state index is 4.83. The van der Waals surface area contributed by atoms with Crippen LogP contribution in [0.1, 0.15) is 55.8 Å². The van der Waals surface area contributed by atoms with Crippen molar-refractivity contribution < 1.29 is 0 Å². The summed E-state index contributed by atoms with van der Waals surface area (Å²) in [5.74, 6) is 5.54. The van der Waals surface area contributed by atoms with E-state index < -0.39 is 0 Å². The molecular formula is C16H24N4. The topological polar surface area (TPSA) is 49.8 Å². The van der Waals surface area contributed by atoms with Crippen LogP contribution in [0.4, 0.5) is 11.6 Å². The van der Waals surface area contributed by atoms with E-state index in [1.165, 1.54) is 44.1 Å². The van der Waals surface area contributed by atoms with E-state index in [0.29, 0.717) is 12.0 Å². The molecule has 0 amide bonds. The monoisotopic (exact) mass is 272 g/mol. The van der Waals surface area contributed by atoms with Crippen molar-refractivity contribution in [3.63, 3.8) is 0 Å². The molecule has 20 heavy (non-hydrogen) atoms. The summed E-state index contributed by atoms with van der Waals surface area (Å²) in [4.78, 5) is 9.50. The fourth-order valence-corrected chi connectivity index (χ4v) is 4.04. The number of rotatable bonds is 4. The van der Waals surface area contributed by atoms with Crippen LogP contribution in [0.2, 0.25) is 0 Å². The van der Waals surface area contributed by atoms with Crippen molar-refractivity contribution in [1.82, 2.24) is 9.97 Å². The van der Waals surface area contributed by atoms with Crippen molar-refractivity contribution in [3.8, 4) is 0 Å². The predicted octanol–water partition coefficient (Wildman–Crippen LogP) is 3.30. The van der Waals surface area contributed by atoms with Gasteiger partial charge in [-0.1, -0.05) is 6.42 Å². The van der Waals surface area contributed by atoms with Gasteiger partial charge in [-0.05, 0) is 50.9 Å². The van der Waals surface area contributed by atoms with Crippen LogP contribution in [-0.4, -0.2) is 23.1 Å². The van der Waals surface area contributed by atoms with Gasteiger partial charge in [-0.2, -0.15) is 0 Å². The number of hydrogen-bond acceptors (Lipinski definition) is 4. The zero-order valence-electron chi connectivity index (χ0n) is 12.4. The quantitative estimate of drug-likeness (QED) is 0.883. The number of fused-ring (bicyclic) bond motifs is 2. The van der Waals surface area contributed by atoms with Crippen LogP contribution >= 0.6 is 0 Å². The van der Waals surface area contributed by atoms with E-state index in [4.69, 9.17) is 4.98 Å². The molecule has 1 heterocycles. The van der Waals surface area contributed by atoms with Gasteiger partial charge < -0.3 is 10.6 Å². The van der Waals surface area contributed by atoms with Gasteiger partial charge in [0.15, 0.2) is 0 Å². The number of nitrogens with one attached hydrogen (secondary N) is 2. The molecule has 3 aliphatic rings. The van der Waals surface area contributed by atoms with Crippen LogP contribution in [0, 0.1) is 18.8 Å². The third-order valence-electron chi connectivity index (χ3n) is 5.40. The summed E-state index contributed by atoms with van der Waals surface area (Å²) < 4.78 is 0. The molecule has 1 aromatic heterocycles. The van der Waals surface area contributed by atoms with Gasteiger partial charge in [-0.3, -0.25) is 0 Å². The lowest BCUT2D eigenvalue weighted by molar-refractivity contribution is 0.438. The van der Waals surface area contributed by atoms with Gasteiger partial charge in [0, 0.05) is 24.6 Å². The Hall–Kier alpha value is -1.32. The molecule has 0 radical (unpaired) electrons. The fourth-order valence-electron chi connectivity index (χ4n) is 4.04. The van der Waals surface area contributed by atoms with Crippen LogP contribution in [0.5, 0.6) is 0 Å². The molecule has 3 unspecified atom stereocenters. The summed E-state index contributed by atoms with van der Waals surface area (Å²) in [6.45, 7) is 2.12. The lowest BCUT2D eigenvalue weighted by atomic mass is 9.95. The van der Waals surface area contributed by atoms with Crippen LogP contribution in [0.3, 0.4) is 0 Å². The highest BCUT2D eigenvalue weighted by Gasteiger charge is 2.40. The Balaban J connectivity index is 1.61. The molecule has 4 heteroatoms. The Morgan fingerprint density at radius 1 is 1.00 bits per heavy atom. The SMILES string of the molecule is CNc1nc(C2CC2)nc(NC2CC3CCC2C3)c1C. The highest BCUT2D eigenvalue weighted by Crippen LogP contribution is 2.46. The first kappa shape index (κ1) is 12.4. The molecule has 0 aliphatic heterocycles. The van der Waals surface area contributed by atoms with E-state index in [2.05, 4.69) is 22.5 Å². The zero-order valence-corrected chi connectivity index (χ0v) is 12.4. The average molecular weight is 272 g/mol. The van der Waals surface area contributed by atoms with Crippen LogP contribution in [0.15, 0.2) is 0 Å². The predicted molar refractivity (Wildman–Crippen MR) is 81.1 cm³/mol. The molecule has 0 spiro atoms. The number of hydrogen-bond donors (Lipinski definition) is 2. The van der Waals surface area contributed by atoms with E-state index in [-0.39, 0.29) is 0 Å². The van der Waals surface area contributed by atoms with Crippen molar-refractivity contribution in [2.75, 3.05) is 17.7 Å². The molecule has 108 valence electrons. The summed E-state index contributed by atoms with van der Waals surface area (Å²) in [6.07, 6.45) is 8.11. The maximum Gasteiger partial charge on any atom is 0.136 e. The highest BCUT2D eigenvalue weighted by atomic mass is 15.1. The zero-order chi connectivity index (χ0) is 13.7. The molecule has 3 fully saturated rings. The summed E-state index contributed by atoms with van der Waals surface area (Å²) in [6, 6.07) is 0.638. The smallest absolute Gasteiger partial charge is 0.136 e. The minimum atomic E-state index is 0.600. The largest absolute Gasteiger partial charge is 0.373 e. The van der Waals surface area contributed by atoms with E-state index in [1.807, 2.05) is 7.05 Å². The summed E-state index contributed by atoms with van der Waals surface area (Å²) in [7, 11) is 1.95. The van der Waals surface area contributed by atoms with Crippen molar-refractivity contribution >= 4 is 11.6 Å². The summed E-state index contributed by atoms with van der Waals surface area (Å²) >= 11 is 0. The van der Waals surface area contributed by atoms with Crippen LogP contribution < -0.4 is 10.6 Å². The fraction of sp³-hybridized carbons (Fsp3) is 0.750. The Morgan fingerprint density at radius 3 is 2.40 bits per heavy atom. The second-order valence-electron chi connectivity index (χ2n) is 6.85. The Kier molecular flexibility index (Phi) is 2.86. The first-order valence-corrected chi connectivity index (χ1v) is 8.07. The van der Waals surface area contributed by atoms with Crippen molar-refractivity contribution in [1.29, 1.82) is 0 Å². The third-order valence-corrected chi connectivity index (χ3v) is 5.40. The first-order chi connectivity index (χ1) is 9.74. The van der Waals surface area contributed by atoms with Gasteiger partial charge in [-0.25, -0.2) is 9.97 Å². The molecule has 2 bridgehead atoms. The average Bonchev–Trinajstić information content (AvgIpc) is 3.11. The van der Waals surface area contributed by atoms with Gasteiger partial charge in [0.2, 0.25) is 0 Å². The molecule has 4 rings (SSSR count). The molecule has 0 saturated heterocycles. The van der Waals surface area contributed by atoms with Gasteiger partial charge in [-0.15, -0.1) is 0 Å².